The van der Waals surface area contributed by atoms with Crippen molar-refractivity contribution >= 4 is 23.2 Å². The van der Waals surface area contributed by atoms with Crippen LogP contribution in [0.25, 0.3) is 17.4 Å². The van der Waals surface area contributed by atoms with Crippen molar-refractivity contribution in [3.8, 4) is 0 Å². The van der Waals surface area contributed by atoms with E-state index in [4.69, 9.17) is 5.11 Å². The topological polar surface area (TPSA) is 67.1 Å². The summed E-state index contributed by atoms with van der Waals surface area (Å²) in [6.45, 7) is 0.219. The highest BCUT2D eigenvalue weighted by Gasteiger charge is 2.28. The molecular weight excluding hydrogens is 230 g/mol. The van der Waals surface area contributed by atoms with Gasteiger partial charge in [0.05, 0.1) is 0 Å². The number of fused-ring (bicyclic) bond motifs is 1. The van der Waals surface area contributed by atoms with Crippen molar-refractivity contribution in [2.75, 3.05) is 25.6 Å². The first-order valence-electron chi connectivity index (χ1n) is 5.87. The number of imidazole rings is 1. The van der Waals surface area contributed by atoms with Crippen molar-refractivity contribution in [2.24, 2.45) is 5.92 Å². The summed E-state index contributed by atoms with van der Waals surface area (Å²) in [7, 11) is 3.86. The van der Waals surface area contributed by atoms with Crippen molar-refractivity contribution < 1.29 is 5.11 Å². The predicted octanol–water partition coefficient (Wildman–Crippen LogP) is 0.745. The molecule has 1 N–H and O–H groups in total. The number of hydrogen-bond donors (Lipinski definition) is 1. The number of aliphatic hydroxyl groups excluding tert-OH is 1. The summed E-state index contributed by atoms with van der Waals surface area (Å²) in [4.78, 5) is 14.8. The van der Waals surface area contributed by atoms with Crippen LogP contribution in [0.4, 0.5) is 5.82 Å². The van der Waals surface area contributed by atoms with E-state index in [0.717, 1.165) is 23.4 Å². The number of hydrogen-bond acceptors (Lipinski definition) is 5. The molecule has 1 fully saturated rings. The highest BCUT2D eigenvalue weighted by atomic mass is 16.3. The minimum absolute atomic E-state index is 0.219. The molecule has 0 bridgehead atoms. The molecule has 94 valence electrons. The second-order valence-electron chi connectivity index (χ2n) is 4.70. The lowest BCUT2D eigenvalue weighted by molar-refractivity contribution is 0.281. The molecule has 2 aromatic rings. The molecule has 0 amide bonds. The molecule has 0 spiro atoms. The first-order valence-corrected chi connectivity index (χ1v) is 5.87. The van der Waals surface area contributed by atoms with Crippen molar-refractivity contribution in [3.05, 3.63) is 18.2 Å². The summed E-state index contributed by atoms with van der Waals surface area (Å²) >= 11 is 0. The Morgan fingerprint density at radius 3 is 2.94 bits per heavy atom. The second-order valence-corrected chi connectivity index (χ2v) is 4.70. The molecule has 18 heavy (non-hydrogen) atoms. The average Bonchev–Trinajstić information content (AvgIpc) is 3.00. The minimum Gasteiger partial charge on any atom is -0.396 e. The van der Waals surface area contributed by atoms with Crippen molar-refractivity contribution in [1.82, 2.24) is 19.5 Å². The Bertz CT molecular complexity index is 616. The van der Waals surface area contributed by atoms with Crippen LogP contribution in [0.15, 0.2) is 18.2 Å². The zero-order chi connectivity index (χ0) is 12.7. The van der Waals surface area contributed by atoms with Crippen LogP contribution >= 0.6 is 0 Å². The van der Waals surface area contributed by atoms with Gasteiger partial charge in [-0.1, -0.05) is 0 Å². The lowest BCUT2D eigenvalue weighted by atomic mass is 10.4. The Kier molecular flexibility index (Phi) is 2.52. The van der Waals surface area contributed by atoms with Crippen LogP contribution in [-0.2, 0) is 0 Å². The quantitative estimate of drug-likeness (QED) is 0.864. The van der Waals surface area contributed by atoms with Gasteiger partial charge in [0.1, 0.15) is 12.7 Å². The minimum atomic E-state index is 0.219. The standard InChI is InChI=1S/C12H15N5O/c1-16(2)11-10-12(14-6-13-11)17(7-15-10)4-8-3-9(8)5-18/h4,6-7,9,18H,3,5H2,1-2H3/b8-4-. The lowest BCUT2D eigenvalue weighted by Crippen LogP contribution is -2.11. The van der Waals surface area contributed by atoms with Gasteiger partial charge in [-0.3, -0.25) is 4.57 Å². The third-order valence-electron chi connectivity index (χ3n) is 3.13. The van der Waals surface area contributed by atoms with Gasteiger partial charge >= 0.3 is 0 Å². The van der Waals surface area contributed by atoms with Crippen LogP contribution in [0.1, 0.15) is 6.42 Å². The third-order valence-corrected chi connectivity index (χ3v) is 3.13. The molecule has 1 atom stereocenters. The molecule has 1 aliphatic carbocycles. The van der Waals surface area contributed by atoms with Gasteiger partial charge in [-0.2, -0.15) is 0 Å². The van der Waals surface area contributed by atoms with E-state index in [2.05, 4.69) is 15.0 Å². The summed E-state index contributed by atoms with van der Waals surface area (Å²) in [6, 6.07) is 0. The largest absolute Gasteiger partial charge is 0.396 e. The maximum Gasteiger partial charge on any atom is 0.169 e. The van der Waals surface area contributed by atoms with Crippen LogP contribution in [0.3, 0.4) is 0 Å². The fourth-order valence-electron chi connectivity index (χ4n) is 2.01. The zero-order valence-electron chi connectivity index (χ0n) is 10.4. The molecule has 0 radical (unpaired) electrons. The molecule has 0 aliphatic heterocycles. The second kappa shape index (κ2) is 4.06. The van der Waals surface area contributed by atoms with Crippen LogP contribution in [0, 0.1) is 5.92 Å². The summed E-state index contributed by atoms with van der Waals surface area (Å²) in [6.07, 6.45) is 6.25. The van der Waals surface area contributed by atoms with Gasteiger partial charge in [-0.05, 0) is 12.0 Å². The molecule has 2 aromatic heterocycles. The molecular formula is C12H15N5O. The molecule has 1 saturated carbocycles. The smallest absolute Gasteiger partial charge is 0.169 e. The van der Waals surface area contributed by atoms with E-state index in [1.165, 1.54) is 5.57 Å². The van der Waals surface area contributed by atoms with E-state index in [0.29, 0.717) is 5.92 Å². The van der Waals surface area contributed by atoms with E-state index < -0.39 is 0 Å². The van der Waals surface area contributed by atoms with Crippen LogP contribution in [-0.4, -0.2) is 45.3 Å². The summed E-state index contributed by atoms with van der Waals surface area (Å²) in [5, 5.41) is 9.04. The monoisotopic (exact) mass is 245 g/mol. The van der Waals surface area contributed by atoms with Gasteiger partial charge in [0.25, 0.3) is 0 Å². The third kappa shape index (κ3) is 1.74. The zero-order valence-corrected chi connectivity index (χ0v) is 10.4. The molecule has 6 heteroatoms. The number of rotatable bonds is 3. The first-order chi connectivity index (χ1) is 8.70. The van der Waals surface area contributed by atoms with Crippen molar-refractivity contribution in [1.29, 1.82) is 0 Å². The van der Waals surface area contributed by atoms with E-state index in [-0.39, 0.29) is 6.61 Å². The first kappa shape index (κ1) is 11.2. The Morgan fingerprint density at radius 2 is 2.28 bits per heavy atom. The summed E-state index contributed by atoms with van der Waals surface area (Å²) in [5.74, 6) is 1.13. The summed E-state index contributed by atoms with van der Waals surface area (Å²) < 4.78 is 1.90. The van der Waals surface area contributed by atoms with Crippen LogP contribution in [0.5, 0.6) is 0 Å². The Balaban J connectivity index is 2.05. The molecule has 1 aliphatic rings. The van der Waals surface area contributed by atoms with E-state index in [1.807, 2.05) is 29.8 Å². The van der Waals surface area contributed by atoms with Gasteiger partial charge in [0, 0.05) is 32.8 Å². The number of aliphatic hydroxyl groups is 1. The van der Waals surface area contributed by atoms with Gasteiger partial charge in [0.15, 0.2) is 17.0 Å². The van der Waals surface area contributed by atoms with Gasteiger partial charge in [-0.25, -0.2) is 15.0 Å². The normalized spacial score (nSPS) is 20.6. The van der Waals surface area contributed by atoms with E-state index in [9.17, 15) is 0 Å². The SMILES string of the molecule is CN(C)c1ncnc2c1ncn2/C=C1/CC1CO. The fourth-order valence-corrected chi connectivity index (χ4v) is 2.01. The fraction of sp³-hybridized carbons (Fsp3) is 0.417. The lowest BCUT2D eigenvalue weighted by Gasteiger charge is -2.10. The number of nitrogens with zero attached hydrogens (tertiary/aromatic N) is 5. The van der Waals surface area contributed by atoms with Crippen LogP contribution in [0.2, 0.25) is 0 Å². The molecule has 0 aromatic carbocycles. The number of anilines is 1. The molecule has 3 rings (SSSR count). The van der Waals surface area contributed by atoms with Crippen molar-refractivity contribution in [2.45, 2.75) is 6.42 Å². The van der Waals surface area contributed by atoms with Gasteiger partial charge < -0.3 is 10.0 Å². The summed E-state index contributed by atoms with van der Waals surface area (Å²) in [5.41, 5.74) is 2.83. The van der Waals surface area contributed by atoms with E-state index in [1.54, 1.807) is 12.7 Å². The molecule has 0 saturated heterocycles. The van der Waals surface area contributed by atoms with Gasteiger partial charge in [-0.15, -0.1) is 0 Å². The maximum absolute atomic E-state index is 9.04. The highest BCUT2D eigenvalue weighted by molar-refractivity contribution is 5.84. The van der Waals surface area contributed by atoms with E-state index >= 15 is 0 Å². The Morgan fingerprint density at radius 1 is 1.44 bits per heavy atom. The van der Waals surface area contributed by atoms with Crippen molar-refractivity contribution in [3.63, 3.8) is 0 Å². The predicted molar refractivity (Wildman–Crippen MR) is 69.1 cm³/mol. The maximum atomic E-state index is 9.04. The Hall–Kier alpha value is -1.95. The van der Waals surface area contributed by atoms with Gasteiger partial charge in [0.2, 0.25) is 0 Å². The van der Waals surface area contributed by atoms with Crippen LogP contribution < -0.4 is 4.90 Å². The highest BCUT2D eigenvalue weighted by Crippen LogP contribution is 2.37. The molecule has 1 unspecified atom stereocenters. The Labute approximate surface area is 105 Å². The molecule has 2 heterocycles. The number of aromatic nitrogens is 4. The average molecular weight is 245 g/mol. The molecule has 6 nitrogen and oxygen atoms in total.